The SMILES string of the molecule is COc1cc(OCC(O)CNC(C)(C)C)c2c(c1)C(=O)OC(C)(C)C2. The lowest BCUT2D eigenvalue weighted by atomic mass is 9.90. The number of nitrogens with one attached hydrogen (secondary N) is 1. The van der Waals surface area contributed by atoms with Crippen molar-refractivity contribution in [1.29, 1.82) is 0 Å². The monoisotopic (exact) mass is 351 g/mol. The maximum atomic E-state index is 12.3. The zero-order valence-corrected chi connectivity index (χ0v) is 15.9. The van der Waals surface area contributed by atoms with Crippen LogP contribution in [0, 0.1) is 0 Å². The second kappa shape index (κ2) is 7.22. The van der Waals surface area contributed by atoms with E-state index in [1.807, 2.05) is 34.6 Å². The van der Waals surface area contributed by atoms with Gasteiger partial charge in [0.1, 0.15) is 29.8 Å². The van der Waals surface area contributed by atoms with Gasteiger partial charge in [0.05, 0.1) is 12.7 Å². The van der Waals surface area contributed by atoms with Gasteiger partial charge in [0.2, 0.25) is 0 Å². The van der Waals surface area contributed by atoms with Crippen molar-refractivity contribution in [3.63, 3.8) is 0 Å². The van der Waals surface area contributed by atoms with Crippen LogP contribution >= 0.6 is 0 Å². The number of hydrogen-bond acceptors (Lipinski definition) is 6. The van der Waals surface area contributed by atoms with E-state index in [-0.39, 0.29) is 18.1 Å². The molecule has 1 heterocycles. The number of aliphatic hydroxyl groups excluding tert-OH is 1. The van der Waals surface area contributed by atoms with E-state index >= 15 is 0 Å². The smallest absolute Gasteiger partial charge is 0.339 e. The molecule has 0 amide bonds. The van der Waals surface area contributed by atoms with Gasteiger partial charge in [-0.3, -0.25) is 0 Å². The molecule has 0 spiro atoms. The van der Waals surface area contributed by atoms with E-state index in [9.17, 15) is 9.90 Å². The Kier molecular flexibility index (Phi) is 5.64. The Labute approximate surface area is 149 Å². The molecular formula is C19H29NO5. The maximum Gasteiger partial charge on any atom is 0.339 e. The highest BCUT2D eigenvalue weighted by Crippen LogP contribution is 2.37. The van der Waals surface area contributed by atoms with Crippen LogP contribution in [0.4, 0.5) is 0 Å². The summed E-state index contributed by atoms with van der Waals surface area (Å²) in [4.78, 5) is 12.3. The predicted molar refractivity (Wildman–Crippen MR) is 95.5 cm³/mol. The quantitative estimate of drug-likeness (QED) is 0.766. The lowest BCUT2D eigenvalue weighted by Crippen LogP contribution is -2.42. The fourth-order valence-electron chi connectivity index (χ4n) is 2.67. The number of β-amino-alcohol motifs (C(OH)–C–C–N with tert-alkyl or cyclic N) is 1. The average Bonchev–Trinajstić information content (AvgIpc) is 2.49. The van der Waals surface area contributed by atoms with Crippen molar-refractivity contribution in [2.45, 2.75) is 58.3 Å². The molecule has 0 aliphatic carbocycles. The summed E-state index contributed by atoms with van der Waals surface area (Å²) in [5, 5.41) is 13.4. The predicted octanol–water partition coefficient (Wildman–Crippen LogP) is 2.31. The molecule has 140 valence electrons. The second-order valence-electron chi connectivity index (χ2n) is 8.07. The molecule has 25 heavy (non-hydrogen) atoms. The van der Waals surface area contributed by atoms with Crippen LogP contribution in [0.5, 0.6) is 11.5 Å². The van der Waals surface area contributed by atoms with E-state index in [1.165, 1.54) is 7.11 Å². The molecule has 1 aliphatic rings. The summed E-state index contributed by atoms with van der Waals surface area (Å²) >= 11 is 0. The molecule has 6 heteroatoms. The van der Waals surface area contributed by atoms with Gasteiger partial charge in [-0.25, -0.2) is 4.79 Å². The summed E-state index contributed by atoms with van der Waals surface area (Å²) in [6.45, 7) is 10.4. The Balaban J connectivity index is 2.17. The first-order valence-electron chi connectivity index (χ1n) is 8.51. The maximum absolute atomic E-state index is 12.3. The van der Waals surface area contributed by atoms with Crippen LogP contribution in [0.3, 0.4) is 0 Å². The van der Waals surface area contributed by atoms with Gasteiger partial charge in [0.25, 0.3) is 0 Å². The van der Waals surface area contributed by atoms with E-state index in [0.717, 1.165) is 5.56 Å². The summed E-state index contributed by atoms with van der Waals surface area (Å²) in [6, 6.07) is 3.41. The lowest BCUT2D eigenvalue weighted by molar-refractivity contribution is -0.00719. The molecule has 6 nitrogen and oxygen atoms in total. The van der Waals surface area contributed by atoms with Crippen LogP contribution in [-0.4, -0.2) is 48.6 Å². The molecule has 0 radical (unpaired) electrons. The number of esters is 1. The Hall–Kier alpha value is -1.79. The fraction of sp³-hybridized carbons (Fsp3) is 0.632. The van der Waals surface area contributed by atoms with Gasteiger partial charge in [-0.1, -0.05) is 0 Å². The first kappa shape index (κ1) is 19.5. The standard InChI is InChI=1S/C19H29NO5/c1-18(2,3)20-10-12(21)11-24-16-8-13(23-6)7-14-15(16)9-19(4,5)25-17(14)22/h7-8,12,20-21H,9-11H2,1-6H3. The third kappa shape index (κ3) is 5.34. The molecule has 1 atom stereocenters. The van der Waals surface area contributed by atoms with Crippen molar-refractivity contribution in [2.24, 2.45) is 0 Å². The van der Waals surface area contributed by atoms with Gasteiger partial charge in [-0.05, 0) is 40.7 Å². The van der Waals surface area contributed by atoms with Crippen LogP contribution in [0.15, 0.2) is 12.1 Å². The number of fused-ring (bicyclic) bond motifs is 1. The number of aliphatic hydroxyl groups is 1. The molecule has 2 rings (SSSR count). The Morgan fingerprint density at radius 3 is 2.64 bits per heavy atom. The van der Waals surface area contributed by atoms with Crippen molar-refractivity contribution < 1.29 is 24.1 Å². The normalized spacial score (nSPS) is 17.5. The van der Waals surface area contributed by atoms with Crippen molar-refractivity contribution >= 4 is 5.97 Å². The van der Waals surface area contributed by atoms with Crippen LogP contribution in [0.1, 0.15) is 50.5 Å². The highest BCUT2D eigenvalue weighted by molar-refractivity contribution is 5.94. The summed E-state index contributed by atoms with van der Waals surface area (Å²) in [5.41, 5.74) is 0.571. The van der Waals surface area contributed by atoms with Crippen LogP contribution in [-0.2, 0) is 11.2 Å². The Bertz CT molecular complexity index is 633. The number of methoxy groups -OCH3 is 1. The topological polar surface area (TPSA) is 77.0 Å². The first-order valence-corrected chi connectivity index (χ1v) is 8.51. The number of cyclic esters (lactones) is 1. The largest absolute Gasteiger partial charge is 0.497 e. The summed E-state index contributed by atoms with van der Waals surface area (Å²) in [7, 11) is 1.53. The molecule has 1 aliphatic heterocycles. The molecule has 0 aromatic heterocycles. The highest BCUT2D eigenvalue weighted by Gasteiger charge is 2.35. The number of hydrogen-bond donors (Lipinski definition) is 2. The van der Waals surface area contributed by atoms with Gasteiger partial charge in [-0.15, -0.1) is 0 Å². The molecule has 0 fully saturated rings. The number of benzene rings is 1. The van der Waals surface area contributed by atoms with Crippen LogP contribution in [0.25, 0.3) is 0 Å². The molecular weight excluding hydrogens is 322 g/mol. The molecule has 0 saturated heterocycles. The summed E-state index contributed by atoms with van der Waals surface area (Å²) in [5.74, 6) is 0.687. The fourth-order valence-corrected chi connectivity index (χ4v) is 2.67. The van der Waals surface area contributed by atoms with Crippen molar-refractivity contribution in [1.82, 2.24) is 5.32 Å². The van der Waals surface area contributed by atoms with Gasteiger partial charge in [0, 0.05) is 30.1 Å². The molecule has 1 aromatic carbocycles. The summed E-state index contributed by atoms with van der Waals surface area (Å²) < 4.78 is 16.5. The van der Waals surface area contributed by atoms with Gasteiger partial charge in [0.15, 0.2) is 0 Å². The number of carbonyl (C=O) groups excluding carboxylic acids is 1. The third-order valence-corrected chi connectivity index (χ3v) is 3.91. The van der Waals surface area contributed by atoms with Gasteiger partial charge in [-0.2, -0.15) is 0 Å². The van der Waals surface area contributed by atoms with Crippen molar-refractivity contribution in [3.05, 3.63) is 23.3 Å². The van der Waals surface area contributed by atoms with Gasteiger partial charge < -0.3 is 24.6 Å². The minimum atomic E-state index is -0.662. The lowest BCUT2D eigenvalue weighted by Gasteiger charge is -2.32. The van der Waals surface area contributed by atoms with E-state index in [0.29, 0.717) is 30.0 Å². The zero-order valence-electron chi connectivity index (χ0n) is 15.9. The van der Waals surface area contributed by atoms with Gasteiger partial charge >= 0.3 is 5.97 Å². The zero-order chi connectivity index (χ0) is 18.8. The molecule has 2 N–H and O–H groups in total. The second-order valence-corrected chi connectivity index (χ2v) is 8.07. The van der Waals surface area contributed by atoms with Crippen molar-refractivity contribution in [3.8, 4) is 11.5 Å². The summed E-state index contributed by atoms with van der Waals surface area (Å²) in [6.07, 6.45) is -0.117. The number of ether oxygens (including phenoxy) is 3. The molecule has 1 unspecified atom stereocenters. The highest BCUT2D eigenvalue weighted by atomic mass is 16.6. The van der Waals surface area contributed by atoms with Crippen LogP contribution in [0.2, 0.25) is 0 Å². The molecule has 0 saturated carbocycles. The minimum Gasteiger partial charge on any atom is -0.497 e. The average molecular weight is 351 g/mol. The number of rotatable bonds is 6. The van der Waals surface area contributed by atoms with E-state index in [2.05, 4.69) is 5.32 Å². The third-order valence-electron chi connectivity index (χ3n) is 3.91. The first-order chi connectivity index (χ1) is 11.5. The Morgan fingerprint density at radius 2 is 2.04 bits per heavy atom. The van der Waals surface area contributed by atoms with E-state index in [1.54, 1.807) is 12.1 Å². The minimum absolute atomic E-state index is 0.0795. The number of carbonyl (C=O) groups is 1. The van der Waals surface area contributed by atoms with E-state index < -0.39 is 11.7 Å². The molecule has 0 bridgehead atoms. The molecule has 1 aromatic rings. The van der Waals surface area contributed by atoms with Crippen molar-refractivity contribution in [2.75, 3.05) is 20.3 Å². The van der Waals surface area contributed by atoms with E-state index in [4.69, 9.17) is 14.2 Å². The van der Waals surface area contributed by atoms with Crippen LogP contribution < -0.4 is 14.8 Å². The Morgan fingerprint density at radius 1 is 1.36 bits per heavy atom.